The summed E-state index contributed by atoms with van der Waals surface area (Å²) in [4.78, 5) is 1.34. The molecule has 0 aliphatic heterocycles. The lowest BCUT2D eigenvalue weighted by Gasteiger charge is -2.05. The van der Waals surface area contributed by atoms with E-state index in [0.29, 0.717) is 0 Å². The highest BCUT2D eigenvalue weighted by Crippen LogP contribution is 2.35. The molecule has 0 N–H and O–H groups in total. The molecule has 0 fully saturated rings. The van der Waals surface area contributed by atoms with Gasteiger partial charge in [-0.3, -0.25) is 0 Å². The molecule has 2 aromatic carbocycles. The van der Waals surface area contributed by atoms with E-state index < -0.39 is 0 Å². The van der Waals surface area contributed by atoms with E-state index in [0.717, 1.165) is 18.8 Å². The Kier molecular flexibility index (Phi) is 8.42. The molecule has 150 valence electrons. The van der Waals surface area contributed by atoms with Crippen LogP contribution in [0, 0.1) is 0 Å². The summed E-state index contributed by atoms with van der Waals surface area (Å²) in [7, 11) is 0. The van der Waals surface area contributed by atoms with Crippen molar-refractivity contribution in [2.45, 2.75) is 71.6 Å². The van der Waals surface area contributed by atoms with E-state index in [-0.39, 0.29) is 0 Å². The minimum Gasteiger partial charge on any atom is -0.494 e. The normalized spacial score (nSPS) is 11.2. The lowest BCUT2D eigenvalue weighted by atomic mass is 10.0. The summed E-state index contributed by atoms with van der Waals surface area (Å²) < 4.78 is 7.26. The van der Waals surface area contributed by atoms with Crippen molar-refractivity contribution in [1.82, 2.24) is 0 Å². The van der Waals surface area contributed by atoms with Crippen molar-refractivity contribution in [3.8, 4) is 16.2 Å². The van der Waals surface area contributed by atoms with Crippen molar-refractivity contribution in [1.29, 1.82) is 0 Å². The zero-order chi connectivity index (χ0) is 19.6. The smallest absolute Gasteiger partial charge is 0.120 e. The fourth-order valence-electron chi connectivity index (χ4n) is 3.55. The van der Waals surface area contributed by atoms with Gasteiger partial charge in [0.1, 0.15) is 5.75 Å². The van der Waals surface area contributed by atoms with Gasteiger partial charge in [-0.25, -0.2) is 0 Å². The van der Waals surface area contributed by atoms with Gasteiger partial charge in [-0.15, -0.1) is 11.3 Å². The Morgan fingerprint density at radius 2 is 1.50 bits per heavy atom. The van der Waals surface area contributed by atoms with Gasteiger partial charge >= 0.3 is 0 Å². The molecular formula is C26H34OS. The molecule has 0 aliphatic rings. The fraction of sp³-hybridized carbons (Fsp3) is 0.462. The molecule has 2 heteroatoms. The van der Waals surface area contributed by atoms with Gasteiger partial charge < -0.3 is 4.74 Å². The van der Waals surface area contributed by atoms with Crippen molar-refractivity contribution in [2.24, 2.45) is 0 Å². The van der Waals surface area contributed by atoms with Crippen molar-refractivity contribution in [3.05, 3.63) is 54.1 Å². The number of hydrogen-bond acceptors (Lipinski definition) is 2. The maximum atomic E-state index is 5.95. The van der Waals surface area contributed by atoms with E-state index in [1.807, 2.05) is 11.3 Å². The number of benzene rings is 2. The first-order valence-electron chi connectivity index (χ1n) is 11.1. The summed E-state index contributed by atoms with van der Waals surface area (Å²) in [5.74, 6) is 1.000. The van der Waals surface area contributed by atoms with Crippen LogP contribution in [0.3, 0.4) is 0 Å². The number of thiophene rings is 1. The Hall–Kier alpha value is -1.80. The maximum Gasteiger partial charge on any atom is 0.120 e. The van der Waals surface area contributed by atoms with Crippen LogP contribution in [0.1, 0.15) is 70.8 Å². The number of ether oxygens (including phenoxy) is 1. The molecule has 0 unspecified atom stereocenters. The molecule has 0 amide bonds. The summed E-state index contributed by atoms with van der Waals surface area (Å²) >= 11 is 1.86. The molecule has 0 saturated heterocycles. The first kappa shape index (κ1) is 20.9. The minimum atomic E-state index is 0.823. The molecule has 0 atom stereocenters. The Balaban J connectivity index is 1.60. The second kappa shape index (κ2) is 11.3. The number of aryl methyl sites for hydroxylation is 1. The Morgan fingerprint density at radius 1 is 0.750 bits per heavy atom. The summed E-state index contributed by atoms with van der Waals surface area (Å²) in [6.45, 7) is 5.33. The molecule has 0 spiro atoms. The van der Waals surface area contributed by atoms with Crippen molar-refractivity contribution in [2.75, 3.05) is 6.61 Å². The predicted octanol–water partition coefficient (Wildman–Crippen LogP) is 8.65. The highest BCUT2D eigenvalue weighted by molar-refractivity contribution is 7.22. The van der Waals surface area contributed by atoms with E-state index in [4.69, 9.17) is 4.74 Å². The molecule has 1 nitrogen and oxygen atoms in total. The third-order valence-electron chi connectivity index (χ3n) is 5.32. The molecular weight excluding hydrogens is 360 g/mol. The lowest BCUT2D eigenvalue weighted by molar-refractivity contribution is 0.305. The quantitative estimate of drug-likeness (QED) is 0.279. The monoisotopic (exact) mass is 394 g/mol. The topological polar surface area (TPSA) is 9.23 Å². The van der Waals surface area contributed by atoms with E-state index in [1.165, 1.54) is 77.5 Å². The van der Waals surface area contributed by atoms with Gasteiger partial charge in [-0.1, -0.05) is 76.6 Å². The zero-order valence-electron chi connectivity index (χ0n) is 17.5. The lowest BCUT2D eigenvalue weighted by Crippen LogP contribution is -1.96. The molecule has 28 heavy (non-hydrogen) atoms. The predicted molar refractivity (Wildman–Crippen MR) is 125 cm³/mol. The van der Waals surface area contributed by atoms with Gasteiger partial charge in [0.25, 0.3) is 0 Å². The van der Waals surface area contributed by atoms with Crippen LogP contribution >= 0.6 is 11.3 Å². The van der Waals surface area contributed by atoms with Gasteiger partial charge in [0.05, 0.1) is 6.61 Å². The molecule has 0 saturated carbocycles. The van der Waals surface area contributed by atoms with E-state index in [9.17, 15) is 0 Å². The average Bonchev–Trinajstić information content (AvgIpc) is 3.15. The SMILES string of the molecule is CCCCCCOc1ccc2cc(-c3ccc(CCCCCC)cc3)sc2c1. The van der Waals surface area contributed by atoms with Gasteiger partial charge in [0.2, 0.25) is 0 Å². The van der Waals surface area contributed by atoms with E-state index in [1.54, 1.807) is 0 Å². The maximum absolute atomic E-state index is 5.95. The van der Waals surface area contributed by atoms with Gasteiger partial charge in [-0.2, -0.15) is 0 Å². The zero-order valence-corrected chi connectivity index (χ0v) is 18.3. The third kappa shape index (κ3) is 6.10. The van der Waals surface area contributed by atoms with Crippen LogP contribution in [0.4, 0.5) is 0 Å². The van der Waals surface area contributed by atoms with E-state index >= 15 is 0 Å². The van der Waals surface area contributed by atoms with Crippen LogP contribution in [-0.2, 0) is 6.42 Å². The van der Waals surface area contributed by atoms with Crippen LogP contribution in [0.25, 0.3) is 20.5 Å². The molecule has 0 radical (unpaired) electrons. The van der Waals surface area contributed by atoms with Crippen molar-refractivity contribution in [3.63, 3.8) is 0 Å². The fourth-order valence-corrected chi connectivity index (χ4v) is 4.65. The second-order valence-corrected chi connectivity index (χ2v) is 8.81. The largest absolute Gasteiger partial charge is 0.494 e. The van der Waals surface area contributed by atoms with Gasteiger partial charge in [-0.05, 0) is 60.0 Å². The average molecular weight is 395 g/mol. The standard InChI is InChI=1S/C26H34OS/c1-3-5-7-9-11-21-12-14-22(15-13-21)25-19-23-16-17-24(20-26(23)28-25)27-18-10-8-6-4-2/h12-17,19-20H,3-11,18H2,1-2H3. The summed E-state index contributed by atoms with van der Waals surface area (Å²) in [5.41, 5.74) is 2.78. The van der Waals surface area contributed by atoms with Crippen LogP contribution in [0.15, 0.2) is 48.5 Å². The van der Waals surface area contributed by atoms with E-state index in [2.05, 4.69) is 62.4 Å². The van der Waals surface area contributed by atoms with Crippen molar-refractivity contribution >= 4 is 21.4 Å². The molecule has 3 aromatic rings. The number of unbranched alkanes of at least 4 members (excludes halogenated alkanes) is 6. The van der Waals surface area contributed by atoms with Crippen LogP contribution in [0.2, 0.25) is 0 Å². The number of rotatable bonds is 12. The van der Waals surface area contributed by atoms with Crippen LogP contribution in [0.5, 0.6) is 5.75 Å². The van der Waals surface area contributed by atoms with Crippen molar-refractivity contribution < 1.29 is 4.74 Å². The summed E-state index contributed by atoms with van der Waals surface area (Å²) in [6, 6.07) is 18.0. The number of hydrogen-bond donors (Lipinski definition) is 0. The highest BCUT2D eigenvalue weighted by atomic mass is 32.1. The number of fused-ring (bicyclic) bond motifs is 1. The Morgan fingerprint density at radius 3 is 2.25 bits per heavy atom. The van der Waals surface area contributed by atoms with Gasteiger partial charge in [0, 0.05) is 9.58 Å². The first-order chi connectivity index (χ1) is 13.8. The molecule has 3 rings (SSSR count). The first-order valence-corrected chi connectivity index (χ1v) is 11.9. The molecule has 1 heterocycles. The van der Waals surface area contributed by atoms with Crippen LogP contribution < -0.4 is 4.74 Å². The summed E-state index contributed by atoms with van der Waals surface area (Å²) in [5, 5.41) is 1.31. The Labute approximate surface area is 174 Å². The highest BCUT2D eigenvalue weighted by Gasteiger charge is 2.06. The molecule has 0 bridgehead atoms. The van der Waals surface area contributed by atoms with Crippen LogP contribution in [-0.4, -0.2) is 6.61 Å². The summed E-state index contributed by atoms with van der Waals surface area (Å²) in [6.07, 6.45) is 11.5. The second-order valence-electron chi connectivity index (χ2n) is 7.73. The minimum absolute atomic E-state index is 0.823. The molecule has 0 aliphatic carbocycles. The molecule has 1 aromatic heterocycles. The van der Waals surface area contributed by atoms with Gasteiger partial charge in [0.15, 0.2) is 0 Å². The Bertz CT molecular complexity index is 831. The third-order valence-corrected chi connectivity index (χ3v) is 6.46.